The van der Waals surface area contributed by atoms with Crippen LogP contribution in [-0.2, 0) is 48.2 Å². The molecule has 0 aliphatic carbocycles. The summed E-state index contributed by atoms with van der Waals surface area (Å²) in [6.45, 7) is 3.46. The quantitative estimate of drug-likeness (QED) is 0.164. The van der Waals surface area contributed by atoms with Gasteiger partial charge in [0.05, 0.1) is 32.0 Å². The number of aromatic nitrogens is 1. The molecule has 2 heterocycles. The fourth-order valence-corrected chi connectivity index (χ4v) is 4.89. The van der Waals surface area contributed by atoms with Gasteiger partial charge in [-0.15, -0.1) is 0 Å². The molecule has 1 unspecified atom stereocenters. The first-order valence-corrected chi connectivity index (χ1v) is 14.5. The maximum atomic E-state index is 13.2. The minimum absolute atomic E-state index is 0.222. The molecule has 0 saturated carbocycles. The highest BCUT2D eigenvalue weighted by Crippen LogP contribution is 2.33. The predicted molar refractivity (Wildman–Crippen MR) is 160 cm³/mol. The van der Waals surface area contributed by atoms with Crippen LogP contribution in [0.5, 0.6) is 0 Å². The lowest BCUT2D eigenvalue weighted by atomic mass is 10.0. The van der Waals surface area contributed by atoms with E-state index in [0.717, 1.165) is 16.7 Å². The average Bonchev–Trinajstić information content (AvgIpc) is 3.39. The molecule has 0 amide bonds. The molecule has 5 atom stereocenters. The summed E-state index contributed by atoms with van der Waals surface area (Å²) in [5.41, 5.74) is 3.35. The van der Waals surface area contributed by atoms with E-state index in [1.165, 1.54) is 6.20 Å². The molecule has 0 spiro atoms. The lowest BCUT2D eigenvalue weighted by Crippen LogP contribution is -2.45. The van der Waals surface area contributed by atoms with Crippen LogP contribution in [0.2, 0.25) is 0 Å². The summed E-state index contributed by atoms with van der Waals surface area (Å²) in [6.07, 6.45) is -0.593. The standard InChI is InChI=1S/C35H37NO7/c1-2-39-35-33(42-34(37)29-19-12-20-36-21-29)32(41-24-28-17-10-5-11-18-28)31(43-35)30(40-23-27-15-8-4-9-16-27)25-38-22-26-13-6-3-7-14-26/h3-21,30-33,35H,2,22-25H2,1H3/t30-,31-,32+,33-,35?/m1/s1. The van der Waals surface area contributed by atoms with Gasteiger partial charge < -0.3 is 28.4 Å². The molecule has 0 bridgehead atoms. The van der Waals surface area contributed by atoms with Crippen molar-refractivity contribution in [2.75, 3.05) is 13.2 Å². The van der Waals surface area contributed by atoms with Crippen LogP contribution in [0.1, 0.15) is 34.0 Å². The van der Waals surface area contributed by atoms with Gasteiger partial charge in [0.15, 0.2) is 12.4 Å². The molecule has 0 N–H and O–H groups in total. The maximum Gasteiger partial charge on any atom is 0.340 e. The third-order valence-corrected chi connectivity index (χ3v) is 7.03. The van der Waals surface area contributed by atoms with Gasteiger partial charge in [0.2, 0.25) is 0 Å². The third kappa shape index (κ3) is 8.79. The lowest BCUT2D eigenvalue weighted by Gasteiger charge is -2.29. The summed E-state index contributed by atoms with van der Waals surface area (Å²) >= 11 is 0. The van der Waals surface area contributed by atoms with Crippen LogP contribution in [-0.4, -0.2) is 54.9 Å². The number of pyridine rings is 1. The van der Waals surface area contributed by atoms with E-state index in [2.05, 4.69) is 4.98 Å². The molecule has 1 saturated heterocycles. The van der Waals surface area contributed by atoms with Crippen LogP contribution in [0.25, 0.3) is 0 Å². The summed E-state index contributed by atoms with van der Waals surface area (Å²) in [5.74, 6) is -0.539. The topological polar surface area (TPSA) is 85.3 Å². The van der Waals surface area contributed by atoms with Crippen molar-refractivity contribution < 1.29 is 33.2 Å². The van der Waals surface area contributed by atoms with Gasteiger partial charge in [-0.1, -0.05) is 91.0 Å². The van der Waals surface area contributed by atoms with Crippen LogP contribution >= 0.6 is 0 Å². The van der Waals surface area contributed by atoms with Gasteiger partial charge in [0, 0.05) is 19.0 Å². The van der Waals surface area contributed by atoms with Crippen molar-refractivity contribution in [3.8, 4) is 0 Å². The first-order chi connectivity index (χ1) is 21.2. The number of ether oxygens (including phenoxy) is 6. The number of esters is 1. The Morgan fingerprint density at radius 2 is 1.40 bits per heavy atom. The first kappa shape index (κ1) is 30.5. The molecule has 1 aromatic heterocycles. The number of rotatable bonds is 15. The van der Waals surface area contributed by atoms with Crippen molar-refractivity contribution in [2.24, 2.45) is 0 Å². The highest BCUT2D eigenvalue weighted by Gasteiger charge is 2.52. The zero-order valence-electron chi connectivity index (χ0n) is 24.2. The molecular formula is C35H37NO7. The summed E-state index contributed by atoms with van der Waals surface area (Å²) in [5, 5.41) is 0. The molecular weight excluding hydrogens is 546 g/mol. The fourth-order valence-electron chi connectivity index (χ4n) is 4.89. The predicted octanol–water partition coefficient (Wildman–Crippen LogP) is 5.76. The van der Waals surface area contributed by atoms with Gasteiger partial charge >= 0.3 is 5.97 Å². The molecule has 5 rings (SSSR count). The second kappa shape index (κ2) is 16.1. The van der Waals surface area contributed by atoms with Crippen LogP contribution in [0, 0.1) is 0 Å². The second-order valence-corrected chi connectivity index (χ2v) is 10.1. The summed E-state index contributed by atoms with van der Waals surface area (Å²) in [6, 6.07) is 33.0. The first-order valence-electron chi connectivity index (χ1n) is 14.5. The Labute approximate surface area is 252 Å². The Morgan fingerprint density at radius 1 is 0.767 bits per heavy atom. The van der Waals surface area contributed by atoms with E-state index in [0.29, 0.717) is 25.4 Å². The van der Waals surface area contributed by atoms with E-state index >= 15 is 0 Å². The number of carbonyl (C=O) groups excluding carboxylic acids is 1. The van der Waals surface area contributed by atoms with Crippen LogP contribution in [0.4, 0.5) is 0 Å². The maximum absolute atomic E-state index is 13.2. The van der Waals surface area contributed by atoms with E-state index in [-0.39, 0.29) is 13.2 Å². The van der Waals surface area contributed by atoms with Crippen molar-refractivity contribution in [1.29, 1.82) is 0 Å². The minimum atomic E-state index is -0.867. The smallest absolute Gasteiger partial charge is 0.340 e. The molecule has 4 aromatic rings. The Hall–Kier alpha value is -3.92. The molecule has 8 heteroatoms. The molecule has 43 heavy (non-hydrogen) atoms. The van der Waals surface area contributed by atoms with Crippen LogP contribution in [0.15, 0.2) is 116 Å². The minimum Gasteiger partial charge on any atom is -0.450 e. The van der Waals surface area contributed by atoms with Crippen molar-refractivity contribution in [3.05, 3.63) is 138 Å². The number of nitrogens with zero attached hydrogens (tertiary/aromatic N) is 1. The summed E-state index contributed by atoms with van der Waals surface area (Å²) in [7, 11) is 0. The van der Waals surface area contributed by atoms with Crippen LogP contribution < -0.4 is 0 Å². The molecule has 1 aliphatic heterocycles. The van der Waals surface area contributed by atoms with Crippen molar-refractivity contribution in [3.63, 3.8) is 0 Å². The van der Waals surface area contributed by atoms with Gasteiger partial charge in [-0.3, -0.25) is 4.98 Å². The zero-order valence-corrected chi connectivity index (χ0v) is 24.2. The van der Waals surface area contributed by atoms with Gasteiger partial charge in [-0.25, -0.2) is 4.79 Å². The Kier molecular flexibility index (Phi) is 11.4. The van der Waals surface area contributed by atoms with Crippen molar-refractivity contribution in [1.82, 2.24) is 4.98 Å². The number of hydrogen-bond acceptors (Lipinski definition) is 8. The Balaban J connectivity index is 1.40. The monoisotopic (exact) mass is 583 g/mol. The normalized spacial score (nSPS) is 20.5. The molecule has 1 aliphatic rings. The van der Waals surface area contributed by atoms with Crippen molar-refractivity contribution in [2.45, 2.75) is 57.5 Å². The van der Waals surface area contributed by atoms with E-state index in [1.807, 2.05) is 97.9 Å². The number of benzene rings is 3. The number of carbonyl (C=O) groups is 1. The van der Waals surface area contributed by atoms with Crippen LogP contribution in [0.3, 0.4) is 0 Å². The zero-order chi connectivity index (χ0) is 29.7. The highest BCUT2D eigenvalue weighted by atomic mass is 16.7. The third-order valence-electron chi connectivity index (χ3n) is 7.03. The SMILES string of the molecule is CCOC1O[C@H]([C@@H](COCc2ccccc2)OCc2ccccc2)[C@H](OCc2ccccc2)[C@H]1OC(=O)c1cccnc1. The van der Waals surface area contributed by atoms with Gasteiger partial charge in [-0.2, -0.15) is 0 Å². The Morgan fingerprint density at radius 3 is 2.00 bits per heavy atom. The highest BCUT2D eigenvalue weighted by molar-refractivity contribution is 5.89. The second-order valence-electron chi connectivity index (χ2n) is 10.1. The molecule has 224 valence electrons. The summed E-state index contributed by atoms with van der Waals surface area (Å²) < 4.78 is 37.6. The van der Waals surface area contributed by atoms with E-state index < -0.39 is 36.7 Å². The van der Waals surface area contributed by atoms with Gasteiger partial charge in [0.1, 0.15) is 18.3 Å². The van der Waals surface area contributed by atoms with Gasteiger partial charge in [-0.05, 0) is 35.7 Å². The average molecular weight is 584 g/mol. The van der Waals surface area contributed by atoms with Gasteiger partial charge in [0.25, 0.3) is 0 Å². The largest absolute Gasteiger partial charge is 0.450 e. The van der Waals surface area contributed by atoms with Crippen molar-refractivity contribution >= 4 is 5.97 Å². The van der Waals surface area contributed by atoms with E-state index in [9.17, 15) is 4.79 Å². The summed E-state index contributed by atoms with van der Waals surface area (Å²) in [4.78, 5) is 17.3. The van der Waals surface area contributed by atoms with E-state index in [4.69, 9.17) is 28.4 Å². The molecule has 1 fully saturated rings. The Bertz CT molecular complexity index is 1360. The molecule has 0 radical (unpaired) electrons. The number of hydrogen-bond donors (Lipinski definition) is 0. The molecule has 8 nitrogen and oxygen atoms in total. The lowest BCUT2D eigenvalue weighted by molar-refractivity contribution is -0.190. The van der Waals surface area contributed by atoms with E-state index in [1.54, 1.807) is 18.3 Å². The fraction of sp³-hybridized carbons (Fsp3) is 0.314. The molecule has 3 aromatic carbocycles.